The number of aryl methyl sites for hydroxylation is 2. The summed E-state index contributed by atoms with van der Waals surface area (Å²) in [4.78, 5) is 17.4. The molecule has 4 aromatic rings. The van der Waals surface area contributed by atoms with Crippen LogP contribution in [0.4, 0.5) is 0 Å². The van der Waals surface area contributed by atoms with Crippen molar-refractivity contribution in [3.63, 3.8) is 0 Å². The Morgan fingerprint density at radius 3 is 2.67 bits per heavy atom. The molecule has 0 aliphatic heterocycles. The number of hydrogen-bond acceptors (Lipinski definition) is 7. The Labute approximate surface area is 172 Å². The molecule has 1 aromatic carbocycles. The predicted octanol–water partition coefficient (Wildman–Crippen LogP) is 2.87. The smallest absolute Gasteiger partial charge is 0.274 e. The van der Waals surface area contributed by atoms with Gasteiger partial charge >= 0.3 is 0 Å². The standard InChI is InChI=1S/C21H20N6O3/c1-13-15(14(2)30-25-13)12-23-21(28)19-20(16-8-6-7-11-22-16)27(26-24-19)17-9-4-5-10-18(17)29-3/h4-11H,12H2,1-3H3,(H,23,28). The number of nitrogens with zero attached hydrogens (tertiary/aromatic N) is 5. The topological polar surface area (TPSA) is 108 Å². The number of pyridine rings is 1. The molecule has 0 radical (unpaired) electrons. The zero-order valence-electron chi connectivity index (χ0n) is 16.8. The molecule has 0 saturated heterocycles. The summed E-state index contributed by atoms with van der Waals surface area (Å²) < 4.78 is 12.2. The van der Waals surface area contributed by atoms with Crippen molar-refractivity contribution in [1.29, 1.82) is 0 Å². The van der Waals surface area contributed by atoms with Crippen LogP contribution in [0.25, 0.3) is 17.1 Å². The van der Waals surface area contributed by atoms with Crippen molar-refractivity contribution in [1.82, 2.24) is 30.5 Å². The summed E-state index contributed by atoms with van der Waals surface area (Å²) in [7, 11) is 1.58. The van der Waals surface area contributed by atoms with E-state index in [9.17, 15) is 4.79 Å². The van der Waals surface area contributed by atoms with Crippen LogP contribution in [0.15, 0.2) is 53.2 Å². The number of hydrogen-bond donors (Lipinski definition) is 1. The van der Waals surface area contributed by atoms with Crippen LogP contribution < -0.4 is 10.1 Å². The predicted molar refractivity (Wildman–Crippen MR) is 108 cm³/mol. The van der Waals surface area contributed by atoms with Gasteiger partial charge in [-0.05, 0) is 38.1 Å². The van der Waals surface area contributed by atoms with Crippen molar-refractivity contribution >= 4 is 5.91 Å². The number of rotatable bonds is 6. The quantitative estimate of drug-likeness (QED) is 0.526. The van der Waals surface area contributed by atoms with Crippen molar-refractivity contribution in [2.45, 2.75) is 20.4 Å². The molecule has 0 bridgehead atoms. The molecule has 9 nitrogen and oxygen atoms in total. The molecule has 1 amide bonds. The number of aromatic nitrogens is 5. The summed E-state index contributed by atoms with van der Waals surface area (Å²) in [5, 5.41) is 15.2. The van der Waals surface area contributed by atoms with Crippen LogP contribution in [0.5, 0.6) is 5.75 Å². The number of carbonyl (C=O) groups excluding carboxylic acids is 1. The van der Waals surface area contributed by atoms with Crippen LogP contribution in [-0.2, 0) is 6.54 Å². The Morgan fingerprint density at radius 2 is 1.97 bits per heavy atom. The van der Waals surface area contributed by atoms with E-state index in [1.165, 1.54) is 0 Å². The number of nitrogens with one attached hydrogen (secondary N) is 1. The van der Waals surface area contributed by atoms with Crippen LogP contribution >= 0.6 is 0 Å². The first kappa shape index (κ1) is 19.3. The van der Waals surface area contributed by atoms with E-state index >= 15 is 0 Å². The van der Waals surface area contributed by atoms with Crippen LogP contribution in [0, 0.1) is 13.8 Å². The van der Waals surface area contributed by atoms with Crippen LogP contribution in [0.1, 0.15) is 27.5 Å². The van der Waals surface area contributed by atoms with E-state index in [2.05, 4.69) is 25.8 Å². The molecular weight excluding hydrogens is 384 g/mol. The molecule has 0 spiro atoms. The van der Waals surface area contributed by atoms with Gasteiger partial charge in [-0.1, -0.05) is 28.6 Å². The van der Waals surface area contributed by atoms with E-state index in [-0.39, 0.29) is 18.1 Å². The largest absolute Gasteiger partial charge is 0.494 e. The Morgan fingerprint density at radius 1 is 1.17 bits per heavy atom. The van der Waals surface area contributed by atoms with Crippen molar-refractivity contribution in [2.24, 2.45) is 0 Å². The SMILES string of the molecule is COc1ccccc1-n1nnc(C(=O)NCc2c(C)noc2C)c1-c1ccccn1. The Hall–Kier alpha value is -4.01. The summed E-state index contributed by atoms with van der Waals surface area (Å²) in [5.41, 5.74) is 3.41. The molecule has 0 unspecified atom stereocenters. The summed E-state index contributed by atoms with van der Waals surface area (Å²) in [6, 6.07) is 12.8. The molecule has 9 heteroatoms. The van der Waals surface area contributed by atoms with Gasteiger partial charge < -0.3 is 14.6 Å². The average molecular weight is 404 g/mol. The Bertz CT molecular complexity index is 1160. The highest BCUT2D eigenvalue weighted by Gasteiger charge is 2.24. The highest BCUT2D eigenvalue weighted by molar-refractivity contribution is 5.98. The molecule has 1 N–H and O–H groups in total. The fourth-order valence-corrected chi connectivity index (χ4v) is 3.15. The van der Waals surface area contributed by atoms with Gasteiger partial charge in [-0.25, -0.2) is 4.68 Å². The first-order valence-electron chi connectivity index (χ1n) is 9.30. The summed E-state index contributed by atoms with van der Waals surface area (Å²) in [6.45, 7) is 3.90. The molecule has 3 heterocycles. The minimum Gasteiger partial charge on any atom is -0.494 e. The van der Waals surface area contributed by atoms with Crippen LogP contribution in [0.3, 0.4) is 0 Å². The van der Waals surface area contributed by atoms with E-state index in [0.717, 1.165) is 11.3 Å². The summed E-state index contributed by atoms with van der Waals surface area (Å²) in [5.74, 6) is 0.884. The number of amides is 1. The lowest BCUT2D eigenvalue weighted by atomic mass is 10.1. The van der Waals surface area contributed by atoms with E-state index in [1.807, 2.05) is 37.3 Å². The first-order valence-corrected chi connectivity index (χ1v) is 9.30. The lowest BCUT2D eigenvalue weighted by molar-refractivity contribution is 0.0946. The second-order valence-corrected chi connectivity index (χ2v) is 6.57. The minimum absolute atomic E-state index is 0.159. The number of ether oxygens (including phenoxy) is 1. The number of para-hydroxylation sites is 2. The third-order valence-electron chi connectivity index (χ3n) is 4.71. The van der Waals surface area contributed by atoms with Crippen LogP contribution in [-0.4, -0.2) is 38.2 Å². The van der Waals surface area contributed by atoms with Crippen molar-refractivity contribution in [2.75, 3.05) is 7.11 Å². The number of methoxy groups -OCH3 is 1. The van der Waals surface area contributed by atoms with Gasteiger partial charge in [0.2, 0.25) is 0 Å². The molecule has 0 atom stereocenters. The van der Waals surface area contributed by atoms with E-state index < -0.39 is 0 Å². The maximum atomic E-state index is 13.0. The second-order valence-electron chi connectivity index (χ2n) is 6.57. The normalized spacial score (nSPS) is 10.8. The maximum absolute atomic E-state index is 13.0. The van der Waals surface area contributed by atoms with Gasteiger partial charge in [0.1, 0.15) is 22.9 Å². The summed E-state index contributed by atoms with van der Waals surface area (Å²) >= 11 is 0. The number of benzene rings is 1. The molecule has 0 aliphatic rings. The average Bonchev–Trinajstić information content (AvgIpc) is 3.36. The fourth-order valence-electron chi connectivity index (χ4n) is 3.15. The molecule has 0 aliphatic carbocycles. The van der Waals surface area contributed by atoms with E-state index in [1.54, 1.807) is 37.0 Å². The maximum Gasteiger partial charge on any atom is 0.274 e. The highest BCUT2D eigenvalue weighted by Crippen LogP contribution is 2.28. The van der Waals surface area contributed by atoms with Crippen molar-refractivity contribution in [3.05, 3.63) is 71.4 Å². The molecular formula is C21H20N6O3. The zero-order chi connectivity index (χ0) is 21.1. The molecule has 0 saturated carbocycles. The highest BCUT2D eigenvalue weighted by atomic mass is 16.5. The van der Waals surface area contributed by atoms with Gasteiger partial charge in [-0.15, -0.1) is 5.10 Å². The number of carbonyl (C=O) groups is 1. The lowest BCUT2D eigenvalue weighted by Gasteiger charge is -2.11. The van der Waals surface area contributed by atoms with Gasteiger partial charge in [-0.3, -0.25) is 9.78 Å². The third-order valence-corrected chi connectivity index (χ3v) is 4.71. The van der Waals surface area contributed by atoms with Gasteiger partial charge in [0.25, 0.3) is 5.91 Å². The second kappa shape index (κ2) is 8.16. The monoisotopic (exact) mass is 404 g/mol. The van der Waals surface area contributed by atoms with Gasteiger partial charge in [0.15, 0.2) is 5.69 Å². The molecule has 30 heavy (non-hydrogen) atoms. The van der Waals surface area contributed by atoms with E-state index in [0.29, 0.717) is 28.6 Å². The van der Waals surface area contributed by atoms with Gasteiger partial charge in [0, 0.05) is 18.3 Å². The summed E-state index contributed by atoms with van der Waals surface area (Å²) in [6.07, 6.45) is 1.65. The molecule has 152 valence electrons. The first-order chi connectivity index (χ1) is 14.6. The fraction of sp³-hybridized carbons (Fsp3) is 0.190. The minimum atomic E-state index is -0.378. The molecule has 3 aromatic heterocycles. The van der Waals surface area contributed by atoms with Crippen molar-refractivity contribution < 1.29 is 14.1 Å². The van der Waals surface area contributed by atoms with Crippen LogP contribution in [0.2, 0.25) is 0 Å². The van der Waals surface area contributed by atoms with Gasteiger partial charge in [0.05, 0.1) is 18.5 Å². The van der Waals surface area contributed by atoms with Crippen molar-refractivity contribution in [3.8, 4) is 22.8 Å². The third kappa shape index (κ3) is 3.52. The zero-order valence-corrected chi connectivity index (χ0v) is 16.8. The molecule has 0 fully saturated rings. The Balaban J connectivity index is 1.75. The molecule has 4 rings (SSSR count). The lowest BCUT2D eigenvalue weighted by Crippen LogP contribution is -2.24. The van der Waals surface area contributed by atoms with Gasteiger partial charge in [-0.2, -0.15) is 0 Å². The van der Waals surface area contributed by atoms with E-state index in [4.69, 9.17) is 9.26 Å². The Kier molecular flexibility index (Phi) is 5.25.